The van der Waals surface area contributed by atoms with E-state index < -0.39 is 5.97 Å². The van der Waals surface area contributed by atoms with Gasteiger partial charge < -0.3 is 10.0 Å². The topological polar surface area (TPSA) is 88.3 Å². The summed E-state index contributed by atoms with van der Waals surface area (Å²) in [5.74, 6) is -1.21. The van der Waals surface area contributed by atoms with E-state index in [4.69, 9.17) is 5.11 Å². The van der Waals surface area contributed by atoms with Gasteiger partial charge in [-0.15, -0.1) is 16.4 Å². The van der Waals surface area contributed by atoms with Crippen molar-refractivity contribution in [3.63, 3.8) is 0 Å². The van der Waals surface area contributed by atoms with E-state index in [1.807, 2.05) is 22.4 Å². The summed E-state index contributed by atoms with van der Waals surface area (Å²) in [7, 11) is 0. The van der Waals surface area contributed by atoms with Gasteiger partial charge in [0.1, 0.15) is 6.54 Å². The first-order valence-corrected chi connectivity index (χ1v) is 9.16. The van der Waals surface area contributed by atoms with Crippen molar-refractivity contribution in [3.8, 4) is 0 Å². The summed E-state index contributed by atoms with van der Waals surface area (Å²) in [6.07, 6.45) is 9.57. The van der Waals surface area contributed by atoms with Crippen molar-refractivity contribution in [3.05, 3.63) is 40.4 Å². The minimum atomic E-state index is -1.15. The zero-order chi connectivity index (χ0) is 17.6. The molecule has 1 unspecified atom stereocenters. The molecule has 1 N–H and O–H groups in total. The summed E-state index contributed by atoms with van der Waals surface area (Å²) < 4.78 is 1.29. The molecule has 1 aliphatic rings. The van der Waals surface area contributed by atoms with Gasteiger partial charge in [-0.2, -0.15) is 0 Å². The van der Waals surface area contributed by atoms with Gasteiger partial charge in [0.2, 0.25) is 5.91 Å². The van der Waals surface area contributed by atoms with E-state index in [9.17, 15) is 9.59 Å². The number of amides is 1. The quantitative estimate of drug-likeness (QED) is 0.885. The van der Waals surface area contributed by atoms with Crippen molar-refractivity contribution in [1.29, 1.82) is 0 Å². The van der Waals surface area contributed by atoms with Crippen LogP contribution in [0.4, 0.5) is 0 Å². The van der Waals surface area contributed by atoms with Crippen LogP contribution in [0, 0.1) is 0 Å². The number of aromatic nitrogens is 3. The number of carboxylic acid groups (broad SMARTS) is 1. The molecule has 1 aliphatic heterocycles. The lowest BCUT2D eigenvalue weighted by Gasteiger charge is -2.28. The van der Waals surface area contributed by atoms with Crippen LogP contribution in [-0.4, -0.2) is 49.5 Å². The van der Waals surface area contributed by atoms with Crippen LogP contribution in [0.5, 0.6) is 0 Å². The fourth-order valence-corrected chi connectivity index (χ4v) is 3.57. The minimum absolute atomic E-state index is 0.00359. The number of aromatic carboxylic acids is 1. The maximum Gasteiger partial charge on any atom is 0.358 e. The summed E-state index contributed by atoms with van der Waals surface area (Å²) in [4.78, 5) is 26.6. The van der Waals surface area contributed by atoms with Crippen LogP contribution in [-0.2, 0) is 11.3 Å². The Bertz CT molecular complexity index is 754. The monoisotopic (exact) mass is 360 g/mol. The summed E-state index contributed by atoms with van der Waals surface area (Å²) in [6, 6.07) is 4.11. The molecule has 0 bridgehead atoms. The average molecular weight is 360 g/mol. The van der Waals surface area contributed by atoms with Crippen molar-refractivity contribution in [1.82, 2.24) is 19.9 Å². The van der Waals surface area contributed by atoms with Gasteiger partial charge in [0.15, 0.2) is 5.69 Å². The highest BCUT2D eigenvalue weighted by Crippen LogP contribution is 2.20. The van der Waals surface area contributed by atoms with Crippen LogP contribution >= 0.6 is 11.3 Å². The van der Waals surface area contributed by atoms with Gasteiger partial charge in [-0.1, -0.05) is 30.2 Å². The summed E-state index contributed by atoms with van der Waals surface area (Å²) in [5, 5.41) is 18.2. The third-order valence-corrected chi connectivity index (χ3v) is 5.04. The van der Waals surface area contributed by atoms with Crippen LogP contribution in [0.25, 0.3) is 6.08 Å². The molecule has 1 fully saturated rings. The Balaban J connectivity index is 1.70. The minimum Gasteiger partial charge on any atom is -0.476 e. The first kappa shape index (κ1) is 17.3. The second kappa shape index (κ2) is 8.06. The van der Waals surface area contributed by atoms with Gasteiger partial charge in [-0.05, 0) is 30.4 Å². The van der Waals surface area contributed by atoms with E-state index in [1.54, 1.807) is 11.3 Å². The highest BCUT2D eigenvalue weighted by molar-refractivity contribution is 7.10. The predicted molar refractivity (Wildman–Crippen MR) is 94.3 cm³/mol. The third kappa shape index (κ3) is 4.54. The Hall–Kier alpha value is -2.48. The number of nitrogens with zero attached hydrogens (tertiary/aromatic N) is 4. The highest BCUT2D eigenvalue weighted by atomic mass is 32.1. The Morgan fingerprint density at radius 2 is 2.24 bits per heavy atom. The second-order valence-electron chi connectivity index (χ2n) is 5.98. The van der Waals surface area contributed by atoms with Gasteiger partial charge >= 0.3 is 5.97 Å². The maximum absolute atomic E-state index is 12.7. The zero-order valence-corrected chi connectivity index (χ0v) is 14.6. The predicted octanol–water partition coefficient (Wildman–Crippen LogP) is 2.52. The van der Waals surface area contributed by atoms with E-state index in [0.29, 0.717) is 6.54 Å². The van der Waals surface area contributed by atoms with Crippen molar-refractivity contribution in [2.75, 3.05) is 6.54 Å². The average Bonchev–Trinajstić information content (AvgIpc) is 3.21. The zero-order valence-electron chi connectivity index (χ0n) is 13.7. The first-order chi connectivity index (χ1) is 12.1. The van der Waals surface area contributed by atoms with E-state index in [1.165, 1.54) is 15.8 Å². The standard InChI is InChI=1S/C17H20N4O3S/c22-16(12-20-11-15(17(23)24)18-19-20)21-9-3-1-2-5-13(21)7-8-14-6-4-10-25-14/h4,6-8,10-11,13H,1-3,5,9,12H2,(H,23,24)/b8-7+. The molecule has 0 aliphatic carbocycles. The van der Waals surface area contributed by atoms with Crippen molar-refractivity contribution < 1.29 is 14.7 Å². The summed E-state index contributed by atoms with van der Waals surface area (Å²) in [6.45, 7) is 0.711. The fraction of sp³-hybridized carbons (Fsp3) is 0.412. The number of rotatable bonds is 5. The normalized spacial score (nSPS) is 18.4. The molecule has 3 rings (SSSR count). The van der Waals surface area contributed by atoms with E-state index >= 15 is 0 Å². The number of hydrogen-bond donors (Lipinski definition) is 1. The third-order valence-electron chi connectivity index (χ3n) is 4.20. The van der Waals surface area contributed by atoms with E-state index in [-0.39, 0.29) is 24.2 Å². The Kier molecular flexibility index (Phi) is 5.60. The first-order valence-electron chi connectivity index (χ1n) is 8.28. The van der Waals surface area contributed by atoms with Gasteiger partial charge in [0.05, 0.1) is 12.2 Å². The number of hydrogen-bond acceptors (Lipinski definition) is 5. The molecular weight excluding hydrogens is 340 g/mol. The maximum atomic E-state index is 12.7. The Morgan fingerprint density at radius 1 is 1.36 bits per heavy atom. The van der Waals surface area contributed by atoms with Gasteiger partial charge in [0.25, 0.3) is 0 Å². The van der Waals surface area contributed by atoms with Crippen LogP contribution < -0.4 is 0 Å². The van der Waals surface area contributed by atoms with Crippen molar-refractivity contribution in [2.45, 2.75) is 38.3 Å². The SMILES string of the molecule is O=C(O)c1cn(CC(=O)N2CCCCCC2/C=C/c2cccs2)nn1. The number of likely N-dealkylation sites (tertiary alicyclic amines) is 1. The second-order valence-corrected chi connectivity index (χ2v) is 6.96. The lowest BCUT2D eigenvalue weighted by Crippen LogP contribution is -2.41. The van der Waals surface area contributed by atoms with Crippen LogP contribution in [0.15, 0.2) is 29.8 Å². The Labute approximate surface area is 149 Å². The largest absolute Gasteiger partial charge is 0.476 e. The molecule has 3 heterocycles. The van der Waals surface area contributed by atoms with Crippen molar-refractivity contribution >= 4 is 29.3 Å². The molecule has 2 aromatic heterocycles. The van der Waals surface area contributed by atoms with Gasteiger partial charge in [0, 0.05) is 11.4 Å². The molecule has 0 aromatic carbocycles. The smallest absolute Gasteiger partial charge is 0.358 e. The molecular formula is C17H20N4O3S. The molecule has 25 heavy (non-hydrogen) atoms. The number of carbonyl (C=O) groups excluding carboxylic acids is 1. The molecule has 0 radical (unpaired) electrons. The van der Waals surface area contributed by atoms with Gasteiger partial charge in [-0.3, -0.25) is 4.79 Å². The highest BCUT2D eigenvalue weighted by Gasteiger charge is 2.24. The van der Waals surface area contributed by atoms with Gasteiger partial charge in [-0.25, -0.2) is 9.48 Å². The summed E-state index contributed by atoms with van der Waals surface area (Å²) >= 11 is 1.67. The van der Waals surface area contributed by atoms with E-state index in [0.717, 1.165) is 25.7 Å². The van der Waals surface area contributed by atoms with Crippen molar-refractivity contribution in [2.24, 2.45) is 0 Å². The van der Waals surface area contributed by atoms with Crippen LogP contribution in [0.2, 0.25) is 0 Å². The lowest BCUT2D eigenvalue weighted by atomic mass is 10.1. The number of carbonyl (C=O) groups is 2. The molecule has 0 spiro atoms. The molecule has 2 aromatic rings. The van der Waals surface area contributed by atoms with Crippen LogP contribution in [0.3, 0.4) is 0 Å². The summed E-state index contributed by atoms with van der Waals surface area (Å²) in [5.41, 5.74) is -0.155. The number of thiophene rings is 1. The van der Waals surface area contributed by atoms with Crippen LogP contribution in [0.1, 0.15) is 41.0 Å². The molecule has 1 amide bonds. The van der Waals surface area contributed by atoms with E-state index in [2.05, 4.69) is 22.5 Å². The molecule has 1 atom stereocenters. The number of carboxylic acids is 1. The molecule has 0 saturated carbocycles. The Morgan fingerprint density at radius 3 is 2.96 bits per heavy atom. The molecule has 132 valence electrons. The molecule has 8 heteroatoms. The fourth-order valence-electron chi connectivity index (χ4n) is 2.94. The molecule has 1 saturated heterocycles. The lowest BCUT2D eigenvalue weighted by molar-refractivity contribution is -0.133. The molecule has 7 nitrogen and oxygen atoms in total.